The predicted octanol–water partition coefficient (Wildman–Crippen LogP) is 0.915. The molecule has 0 heterocycles. The molecule has 0 amide bonds. The van der Waals surface area contributed by atoms with Gasteiger partial charge in [0.2, 0.25) is 6.41 Å². The fraction of sp³-hybridized carbons (Fsp3) is 1.00. The lowest BCUT2D eigenvalue weighted by Gasteiger charge is -2.58. The zero-order valence-electron chi connectivity index (χ0n) is 8.84. The third-order valence-corrected chi connectivity index (χ3v) is 4.71. The molecule has 0 saturated heterocycles. The van der Waals surface area contributed by atoms with Crippen molar-refractivity contribution in [2.24, 2.45) is 17.8 Å². The van der Waals surface area contributed by atoms with Gasteiger partial charge < -0.3 is 15.4 Å². The number of hydrogen-bond acceptors (Lipinski definition) is 4. The number of hydroxylamine groups is 2. The lowest BCUT2D eigenvalue weighted by atomic mass is 9.53. The van der Waals surface area contributed by atoms with Gasteiger partial charge in [0.15, 0.2) is 0 Å². The molecule has 0 aromatic heterocycles. The van der Waals surface area contributed by atoms with E-state index in [1.165, 1.54) is 19.3 Å². The molecule has 0 spiro atoms. The van der Waals surface area contributed by atoms with Crippen molar-refractivity contribution in [1.82, 2.24) is 5.06 Å². The van der Waals surface area contributed by atoms with Crippen LogP contribution in [0.25, 0.3) is 0 Å². The van der Waals surface area contributed by atoms with E-state index in [9.17, 15) is 5.21 Å². The minimum Gasteiger partial charge on any atom is -0.354 e. The Morgan fingerprint density at radius 1 is 0.933 bits per heavy atom. The van der Waals surface area contributed by atoms with Gasteiger partial charge in [-0.2, -0.15) is 0 Å². The Kier molecular flexibility index (Phi) is 2.12. The molecule has 4 aliphatic rings. The SMILES string of the molecule is OC(O)N(O)C12CC3CC(CC(C3)C1)C2. The van der Waals surface area contributed by atoms with Gasteiger partial charge in [0.1, 0.15) is 0 Å². The van der Waals surface area contributed by atoms with Crippen molar-refractivity contribution in [3.05, 3.63) is 0 Å². The van der Waals surface area contributed by atoms with Crippen LogP contribution in [0.1, 0.15) is 38.5 Å². The van der Waals surface area contributed by atoms with Crippen LogP contribution >= 0.6 is 0 Å². The first-order chi connectivity index (χ1) is 7.09. The maximum absolute atomic E-state index is 9.83. The fourth-order valence-electron chi connectivity index (χ4n) is 4.59. The average molecular weight is 213 g/mol. The summed E-state index contributed by atoms with van der Waals surface area (Å²) in [5.74, 6) is 2.10. The second-order valence-electron chi connectivity index (χ2n) is 5.83. The van der Waals surface area contributed by atoms with Crippen molar-refractivity contribution in [2.45, 2.75) is 50.5 Å². The van der Waals surface area contributed by atoms with Crippen LogP contribution in [0.4, 0.5) is 0 Å². The number of hydrogen-bond donors (Lipinski definition) is 3. The minimum atomic E-state index is -1.72. The summed E-state index contributed by atoms with van der Waals surface area (Å²) >= 11 is 0. The third kappa shape index (κ3) is 1.43. The van der Waals surface area contributed by atoms with Crippen LogP contribution in [0.15, 0.2) is 0 Å². The number of rotatable bonds is 2. The molecule has 0 unspecified atom stereocenters. The van der Waals surface area contributed by atoms with Gasteiger partial charge in [-0.3, -0.25) is 0 Å². The van der Waals surface area contributed by atoms with E-state index in [4.69, 9.17) is 10.2 Å². The van der Waals surface area contributed by atoms with E-state index in [1.54, 1.807) is 0 Å². The molecule has 4 bridgehead atoms. The van der Waals surface area contributed by atoms with Crippen LogP contribution in [0.2, 0.25) is 0 Å². The highest BCUT2D eigenvalue weighted by Gasteiger charge is 2.54. The fourth-order valence-corrected chi connectivity index (χ4v) is 4.59. The van der Waals surface area contributed by atoms with Gasteiger partial charge in [-0.15, -0.1) is 5.06 Å². The molecule has 4 fully saturated rings. The lowest BCUT2D eigenvalue weighted by molar-refractivity contribution is -0.345. The second kappa shape index (κ2) is 3.17. The molecule has 0 radical (unpaired) electrons. The smallest absolute Gasteiger partial charge is 0.236 e. The highest BCUT2D eigenvalue weighted by atomic mass is 16.6. The van der Waals surface area contributed by atoms with E-state index in [0.29, 0.717) is 17.8 Å². The standard InChI is InChI=1S/C11H19NO3/c13-10(14)12(15)11-4-7-1-8(5-11)3-9(2-7)6-11/h7-10,13-15H,1-6H2. The summed E-state index contributed by atoms with van der Waals surface area (Å²) in [6, 6.07) is 0. The Balaban J connectivity index is 1.86. The van der Waals surface area contributed by atoms with Crippen LogP contribution in [0.3, 0.4) is 0 Å². The summed E-state index contributed by atoms with van der Waals surface area (Å²) in [4.78, 5) is 0. The molecular weight excluding hydrogens is 194 g/mol. The summed E-state index contributed by atoms with van der Waals surface area (Å²) in [6.45, 7) is 0. The topological polar surface area (TPSA) is 63.9 Å². The highest BCUT2D eigenvalue weighted by molar-refractivity contribution is 5.05. The summed E-state index contributed by atoms with van der Waals surface area (Å²) in [6.07, 6.45) is 4.95. The maximum Gasteiger partial charge on any atom is 0.236 e. The summed E-state index contributed by atoms with van der Waals surface area (Å²) < 4.78 is 0. The molecule has 0 aromatic carbocycles. The maximum atomic E-state index is 9.83. The number of aliphatic hydroxyl groups excluding tert-OH is 1. The van der Waals surface area contributed by atoms with E-state index in [2.05, 4.69) is 0 Å². The number of aliphatic hydroxyl groups is 2. The van der Waals surface area contributed by atoms with Crippen molar-refractivity contribution < 1.29 is 15.4 Å². The van der Waals surface area contributed by atoms with Crippen molar-refractivity contribution in [2.75, 3.05) is 0 Å². The van der Waals surface area contributed by atoms with Crippen LogP contribution in [0, 0.1) is 17.8 Å². The monoisotopic (exact) mass is 213 g/mol. The van der Waals surface area contributed by atoms with Gasteiger partial charge in [-0.25, -0.2) is 0 Å². The van der Waals surface area contributed by atoms with E-state index in [0.717, 1.165) is 24.3 Å². The van der Waals surface area contributed by atoms with Gasteiger partial charge in [-0.05, 0) is 56.3 Å². The summed E-state index contributed by atoms with van der Waals surface area (Å²) in [7, 11) is 0. The zero-order valence-corrected chi connectivity index (χ0v) is 8.84. The summed E-state index contributed by atoms with van der Waals surface area (Å²) in [5.41, 5.74) is -0.330. The van der Waals surface area contributed by atoms with Crippen LogP contribution in [0.5, 0.6) is 0 Å². The Morgan fingerprint density at radius 2 is 1.33 bits per heavy atom. The molecule has 0 aromatic rings. The molecule has 3 N–H and O–H groups in total. The normalized spacial score (nSPS) is 48.2. The Morgan fingerprint density at radius 3 is 1.67 bits per heavy atom. The van der Waals surface area contributed by atoms with Crippen LogP contribution < -0.4 is 0 Å². The van der Waals surface area contributed by atoms with E-state index >= 15 is 0 Å². The average Bonchev–Trinajstić information content (AvgIpc) is 2.14. The van der Waals surface area contributed by atoms with Crippen LogP contribution in [-0.2, 0) is 0 Å². The molecular formula is C11H19NO3. The molecule has 4 nitrogen and oxygen atoms in total. The molecule has 4 heteroatoms. The number of nitrogens with zero attached hydrogens (tertiary/aromatic N) is 1. The van der Waals surface area contributed by atoms with E-state index < -0.39 is 6.41 Å². The highest BCUT2D eigenvalue weighted by Crippen LogP contribution is 2.57. The largest absolute Gasteiger partial charge is 0.354 e. The van der Waals surface area contributed by atoms with Gasteiger partial charge in [0, 0.05) is 0 Å². The van der Waals surface area contributed by atoms with Gasteiger partial charge in [-0.1, -0.05) is 0 Å². The Labute approximate surface area is 89.5 Å². The molecule has 15 heavy (non-hydrogen) atoms. The Bertz CT molecular complexity index is 231. The molecule has 0 atom stereocenters. The molecule has 4 aliphatic carbocycles. The van der Waals surface area contributed by atoms with Crippen molar-refractivity contribution in [3.63, 3.8) is 0 Å². The molecule has 86 valence electrons. The minimum absolute atomic E-state index is 0.330. The van der Waals surface area contributed by atoms with Crippen molar-refractivity contribution in [3.8, 4) is 0 Å². The zero-order chi connectivity index (χ0) is 10.6. The predicted molar refractivity (Wildman–Crippen MR) is 52.8 cm³/mol. The molecule has 4 rings (SSSR count). The first kappa shape index (κ1) is 10.0. The third-order valence-electron chi connectivity index (χ3n) is 4.71. The van der Waals surface area contributed by atoms with Crippen molar-refractivity contribution in [1.29, 1.82) is 0 Å². The Hall–Kier alpha value is -0.160. The quantitative estimate of drug-likeness (QED) is 0.471. The van der Waals surface area contributed by atoms with Gasteiger partial charge in [0.05, 0.1) is 5.54 Å². The molecule has 4 saturated carbocycles. The van der Waals surface area contributed by atoms with Gasteiger partial charge in [0.25, 0.3) is 0 Å². The van der Waals surface area contributed by atoms with Gasteiger partial charge >= 0.3 is 0 Å². The lowest BCUT2D eigenvalue weighted by Crippen LogP contribution is -2.61. The molecule has 0 aliphatic heterocycles. The first-order valence-corrected chi connectivity index (χ1v) is 5.93. The summed E-state index contributed by atoms with van der Waals surface area (Å²) in [5, 5.41) is 28.9. The van der Waals surface area contributed by atoms with Crippen molar-refractivity contribution >= 4 is 0 Å². The van der Waals surface area contributed by atoms with Crippen LogP contribution in [-0.4, -0.2) is 32.4 Å². The first-order valence-electron chi connectivity index (χ1n) is 5.93. The van der Waals surface area contributed by atoms with E-state index in [1.807, 2.05) is 0 Å². The second-order valence-corrected chi connectivity index (χ2v) is 5.83. The van der Waals surface area contributed by atoms with E-state index in [-0.39, 0.29) is 5.54 Å².